The van der Waals surface area contributed by atoms with Crippen LogP contribution in [-0.2, 0) is 4.74 Å². The maximum absolute atomic E-state index is 6.40. The molecule has 3 aromatic carbocycles. The van der Waals surface area contributed by atoms with Crippen LogP contribution in [-0.4, -0.2) is 12.9 Å². The molecule has 0 aliphatic heterocycles. The molecule has 4 heteroatoms. The lowest BCUT2D eigenvalue weighted by atomic mass is 9.98. The van der Waals surface area contributed by atoms with E-state index in [1.807, 2.05) is 24.3 Å². The Bertz CT molecular complexity index is 912. The molecule has 0 saturated carbocycles. The lowest BCUT2D eigenvalue weighted by molar-refractivity contribution is -0.0875. The smallest absolute Gasteiger partial charge is 0.199 e. The maximum atomic E-state index is 6.40. The van der Waals surface area contributed by atoms with Crippen molar-refractivity contribution in [1.29, 1.82) is 0 Å². The highest BCUT2D eigenvalue weighted by atomic mass is 31.0. The van der Waals surface area contributed by atoms with Crippen LogP contribution in [0.25, 0.3) is 11.1 Å². The second kappa shape index (κ2) is 10.1. The molecule has 30 heavy (non-hydrogen) atoms. The molecule has 1 aliphatic carbocycles. The van der Waals surface area contributed by atoms with Crippen molar-refractivity contribution in [2.75, 3.05) is 11.7 Å². The van der Waals surface area contributed by atoms with E-state index < -0.39 is 0 Å². The van der Waals surface area contributed by atoms with E-state index in [-0.39, 0.29) is 12.2 Å². The Morgan fingerprint density at radius 2 is 1.50 bits per heavy atom. The van der Waals surface area contributed by atoms with E-state index in [1.54, 1.807) is 0 Å². The molecule has 2 atom stereocenters. The molecular formula is C26H30NO2P. The van der Waals surface area contributed by atoms with Gasteiger partial charge < -0.3 is 14.6 Å². The molecule has 3 nitrogen and oxygen atoms in total. The first-order valence-corrected chi connectivity index (χ1v) is 11.4. The first-order chi connectivity index (χ1) is 14.8. The molecule has 3 aromatic rings. The van der Waals surface area contributed by atoms with Crippen LogP contribution in [0.1, 0.15) is 49.7 Å². The van der Waals surface area contributed by atoms with Crippen molar-refractivity contribution >= 4 is 15.1 Å². The number of unbranched alkanes of at least 4 members (excludes halogenated alkanes) is 2. The number of fused-ring (bicyclic) bond motifs is 3. The summed E-state index contributed by atoms with van der Waals surface area (Å²) < 4.78 is 12.6. The second-order valence-corrected chi connectivity index (χ2v) is 8.06. The number of anilines is 1. The number of hydrogen-bond donors (Lipinski definition) is 1. The zero-order valence-electron chi connectivity index (χ0n) is 17.5. The van der Waals surface area contributed by atoms with Crippen LogP contribution in [0.4, 0.5) is 5.69 Å². The van der Waals surface area contributed by atoms with Crippen LogP contribution in [0.15, 0.2) is 72.8 Å². The average Bonchev–Trinajstić information content (AvgIpc) is 3.12. The van der Waals surface area contributed by atoms with Crippen molar-refractivity contribution in [3.8, 4) is 16.9 Å². The van der Waals surface area contributed by atoms with Crippen LogP contribution in [0.5, 0.6) is 5.75 Å². The number of nitrogens with one attached hydrogen (secondary N) is 1. The summed E-state index contributed by atoms with van der Waals surface area (Å²) in [6, 6.07) is 25.3. The minimum Gasteiger partial charge on any atom is -0.465 e. The van der Waals surface area contributed by atoms with Gasteiger partial charge in [-0.15, -0.1) is 0 Å². The zero-order chi connectivity index (χ0) is 20.8. The highest BCUT2D eigenvalue weighted by molar-refractivity contribution is 7.18. The summed E-state index contributed by atoms with van der Waals surface area (Å²) in [5, 5.41) is 3.06. The molecular weight excluding hydrogens is 389 g/mol. The molecule has 0 saturated heterocycles. The first-order valence-electron chi connectivity index (χ1n) is 10.8. The Balaban J connectivity index is 1.48. The van der Waals surface area contributed by atoms with Gasteiger partial charge in [-0.05, 0) is 62.3 Å². The van der Waals surface area contributed by atoms with Gasteiger partial charge in [-0.3, -0.25) is 0 Å². The van der Waals surface area contributed by atoms with E-state index >= 15 is 0 Å². The van der Waals surface area contributed by atoms with E-state index in [9.17, 15) is 0 Å². The van der Waals surface area contributed by atoms with Crippen molar-refractivity contribution in [3.63, 3.8) is 0 Å². The zero-order valence-corrected chi connectivity index (χ0v) is 18.7. The normalized spacial score (nSPS) is 13.5. The van der Waals surface area contributed by atoms with E-state index in [2.05, 4.69) is 69.9 Å². The van der Waals surface area contributed by atoms with Gasteiger partial charge in [0, 0.05) is 18.0 Å². The van der Waals surface area contributed by atoms with Gasteiger partial charge in [0.25, 0.3) is 0 Å². The van der Waals surface area contributed by atoms with E-state index in [4.69, 9.17) is 9.47 Å². The number of ether oxygens (including phenoxy) is 2. The standard InChI is InChI=1S/C26H30NO2P/c1-2-3-4-13-26(29-20-16-14-19(27-30)15-17-20)28-18-25-23-11-7-5-9-21(23)22-10-6-8-12-24(22)25/h5-12,14-17,25-27H,2-4,13,18,30H2,1H3. The number of benzene rings is 3. The van der Waals surface area contributed by atoms with Crippen LogP contribution in [0.2, 0.25) is 0 Å². The monoisotopic (exact) mass is 419 g/mol. The van der Waals surface area contributed by atoms with Crippen LogP contribution >= 0.6 is 9.39 Å². The average molecular weight is 420 g/mol. The molecule has 0 spiro atoms. The van der Waals surface area contributed by atoms with Gasteiger partial charge in [-0.2, -0.15) is 0 Å². The molecule has 0 bridgehead atoms. The van der Waals surface area contributed by atoms with Crippen molar-refractivity contribution in [2.45, 2.75) is 44.8 Å². The minimum atomic E-state index is -0.244. The Morgan fingerprint density at radius 3 is 2.10 bits per heavy atom. The quantitative estimate of drug-likeness (QED) is 0.218. The van der Waals surface area contributed by atoms with Gasteiger partial charge in [-0.1, -0.05) is 68.3 Å². The molecule has 0 aromatic heterocycles. The van der Waals surface area contributed by atoms with E-state index in [0.29, 0.717) is 6.61 Å². The van der Waals surface area contributed by atoms with Gasteiger partial charge in [0.2, 0.25) is 0 Å². The van der Waals surface area contributed by atoms with Crippen molar-refractivity contribution in [1.82, 2.24) is 0 Å². The third-order valence-electron chi connectivity index (χ3n) is 5.74. The molecule has 0 heterocycles. The highest BCUT2D eigenvalue weighted by Gasteiger charge is 2.29. The number of hydrogen-bond acceptors (Lipinski definition) is 3. The fourth-order valence-corrected chi connectivity index (χ4v) is 4.35. The van der Waals surface area contributed by atoms with E-state index in [0.717, 1.165) is 24.3 Å². The predicted molar refractivity (Wildman–Crippen MR) is 128 cm³/mol. The molecule has 4 rings (SSSR count). The summed E-state index contributed by atoms with van der Waals surface area (Å²) in [6.07, 6.45) is 4.13. The van der Waals surface area contributed by atoms with Gasteiger partial charge in [0.1, 0.15) is 5.75 Å². The summed E-state index contributed by atoms with van der Waals surface area (Å²) in [4.78, 5) is 0. The molecule has 156 valence electrons. The van der Waals surface area contributed by atoms with Gasteiger partial charge in [-0.25, -0.2) is 0 Å². The first kappa shape index (κ1) is 20.9. The van der Waals surface area contributed by atoms with Gasteiger partial charge in [0.15, 0.2) is 6.29 Å². The van der Waals surface area contributed by atoms with Crippen LogP contribution < -0.4 is 9.82 Å². The third-order valence-corrected chi connectivity index (χ3v) is 6.08. The van der Waals surface area contributed by atoms with Gasteiger partial charge in [0.05, 0.1) is 6.61 Å². The molecule has 0 radical (unpaired) electrons. The second-order valence-electron chi connectivity index (χ2n) is 7.77. The summed E-state index contributed by atoms with van der Waals surface area (Å²) in [7, 11) is 2.51. The summed E-state index contributed by atoms with van der Waals surface area (Å²) in [6.45, 7) is 2.84. The van der Waals surface area contributed by atoms with Crippen LogP contribution in [0, 0.1) is 0 Å². The summed E-state index contributed by atoms with van der Waals surface area (Å²) in [5.41, 5.74) is 6.38. The Morgan fingerprint density at radius 1 is 0.867 bits per heavy atom. The fraction of sp³-hybridized carbons (Fsp3) is 0.308. The maximum Gasteiger partial charge on any atom is 0.199 e. The topological polar surface area (TPSA) is 30.5 Å². The molecule has 0 fully saturated rings. The van der Waals surface area contributed by atoms with Crippen molar-refractivity contribution < 1.29 is 9.47 Å². The Hall–Kier alpha value is -2.35. The summed E-state index contributed by atoms with van der Waals surface area (Å²) in [5.74, 6) is 1.09. The fourth-order valence-electron chi connectivity index (χ4n) is 4.16. The molecule has 2 unspecified atom stereocenters. The lowest BCUT2D eigenvalue weighted by Gasteiger charge is -2.23. The molecule has 0 amide bonds. The van der Waals surface area contributed by atoms with Gasteiger partial charge >= 0.3 is 0 Å². The lowest BCUT2D eigenvalue weighted by Crippen LogP contribution is -2.23. The van der Waals surface area contributed by atoms with Crippen LogP contribution in [0.3, 0.4) is 0 Å². The Kier molecular flexibility index (Phi) is 7.04. The third kappa shape index (κ3) is 4.69. The SMILES string of the molecule is CCCCCC(OCC1c2ccccc2-c2ccccc21)Oc1ccc(NP)cc1. The van der Waals surface area contributed by atoms with Crippen molar-refractivity contribution in [2.24, 2.45) is 0 Å². The number of rotatable bonds is 10. The van der Waals surface area contributed by atoms with Crippen molar-refractivity contribution in [3.05, 3.63) is 83.9 Å². The Labute approximate surface area is 182 Å². The molecule has 1 aliphatic rings. The minimum absolute atomic E-state index is 0.244. The molecule has 1 N–H and O–H groups in total. The van der Waals surface area contributed by atoms with E-state index in [1.165, 1.54) is 35.1 Å². The largest absolute Gasteiger partial charge is 0.465 e. The predicted octanol–water partition coefficient (Wildman–Crippen LogP) is 7.00. The summed E-state index contributed by atoms with van der Waals surface area (Å²) >= 11 is 0. The highest BCUT2D eigenvalue weighted by Crippen LogP contribution is 2.44.